The number of aromatic nitrogens is 3. The van der Waals surface area contributed by atoms with E-state index in [2.05, 4.69) is 30.8 Å². The van der Waals surface area contributed by atoms with Crippen LogP contribution in [-0.4, -0.2) is 40.2 Å². The minimum atomic E-state index is -0.443. The molecule has 4 rings (SSSR count). The molecule has 4 aromatic rings. The van der Waals surface area contributed by atoms with Crippen molar-refractivity contribution in [2.75, 3.05) is 29.7 Å². The Labute approximate surface area is 195 Å². The predicted molar refractivity (Wildman–Crippen MR) is 130 cm³/mol. The van der Waals surface area contributed by atoms with Gasteiger partial charge in [0.2, 0.25) is 17.8 Å². The van der Waals surface area contributed by atoms with E-state index in [1.807, 2.05) is 44.4 Å². The van der Waals surface area contributed by atoms with Crippen LogP contribution in [0.2, 0.25) is 0 Å². The van der Waals surface area contributed by atoms with Gasteiger partial charge in [0.05, 0.1) is 11.1 Å². The highest BCUT2D eigenvalue weighted by molar-refractivity contribution is 5.78. The van der Waals surface area contributed by atoms with E-state index in [0.29, 0.717) is 30.0 Å². The Balaban J connectivity index is 1.43. The maximum Gasteiger partial charge on any atom is 0.269 e. The lowest BCUT2D eigenvalue weighted by Crippen LogP contribution is -2.16. The van der Waals surface area contributed by atoms with E-state index in [0.717, 1.165) is 11.1 Å². The summed E-state index contributed by atoms with van der Waals surface area (Å²) in [6.07, 6.45) is 1.49. The molecule has 2 aromatic carbocycles. The molecule has 0 spiro atoms. The van der Waals surface area contributed by atoms with Gasteiger partial charge in [-0.15, -0.1) is 0 Å². The molecule has 2 heterocycles. The first kappa shape index (κ1) is 22.4. The monoisotopic (exact) mass is 458 g/mol. The highest BCUT2D eigenvalue weighted by atomic mass is 16.6. The summed E-state index contributed by atoms with van der Waals surface area (Å²) in [5, 5.41) is 18.2. The Morgan fingerprint density at radius 3 is 2.44 bits per heavy atom. The van der Waals surface area contributed by atoms with Gasteiger partial charge in [0.15, 0.2) is 0 Å². The molecule has 0 aliphatic rings. The average Bonchev–Trinajstić information content (AvgIpc) is 3.32. The van der Waals surface area contributed by atoms with Gasteiger partial charge in [-0.1, -0.05) is 30.3 Å². The van der Waals surface area contributed by atoms with Crippen LogP contribution in [0.25, 0.3) is 11.3 Å². The predicted octanol–water partition coefficient (Wildman–Crippen LogP) is 4.16. The molecule has 0 radical (unpaired) electrons. The van der Waals surface area contributed by atoms with E-state index >= 15 is 0 Å². The molecule has 34 heavy (non-hydrogen) atoms. The lowest BCUT2D eigenvalue weighted by atomic mass is 10.1. The topological polar surface area (TPSA) is 135 Å². The molecule has 2 N–H and O–H groups in total. The number of benzene rings is 2. The summed E-state index contributed by atoms with van der Waals surface area (Å²) in [7, 11) is 3.68. The number of non-ortho nitro benzene ring substituents is 1. The normalized spacial score (nSPS) is 10.9. The van der Waals surface area contributed by atoms with Crippen LogP contribution in [0.4, 0.5) is 23.5 Å². The third-order valence-electron chi connectivity index (χ3n) is 4.66. The molecule has 11 heteroatoms. The van der Waals surface area contributed by atoms with Gasteiger partial charge in [-0.25, -0.2) is 5.43 Å². The molecule has 0 unspecified atom stereocenters. The lowest BCUT2D eigenvalue weighted by molar-refractivity contribution is -0.384. The van der Waals surface area contributed by atoms with Gasteiger partial charge in [0, 0.05) is 38.3 Å². The molecule has 2 aromatic heterocycles. The molecule has 0 saturated heterocycles. The van der Waals surface area contributed by atoms with Gasteiger partial charge in [0.1, 0.15) is 11.5 Å². The van der Waals surface area contributed by atoms with Gasteiger partial charge in [-0.05, 0) is 29.8 Å². The molecule has 0 aliphatic carbocycles. The van der Waals surface area contributed by atoms with Crippen molar-refractivity contribution in [1.29, 1.82) is 0 Å². The van der Waals surface area contributed by atoms with Crippen molar-refractivity contribution in [3.05, 3.63) is 88.2 Å². The van der Waals surface area contributed by atoms with Crippen LogP contribution < -0.4 is 15.6 Å². The van der Waals surface area contributed by atoms with Crippen LogP contribution in [0, 0.1) is 10.1 Å². The van der Waals surface area contributed by atoms with Crippen molar-refractivity contribution in [1.82, 2.24) is 15.0 Å². The molecule has 172 valence electrons. The molecule has 0 fully saturated rings. The summed E-state index contributed by atoms with van der Waals surface area (Å²) < 4.78 is 5.75. The fourth-order valence-electron chi connectivity index (χ4n) is 2.95. The second-order valence-electron chi connectivity index (χ2n) is 7.39. The van der Waals surface area contributed by atoms with Crippen LogP contribution in [0.15, 0.2) is 76.2 Å². The van der Waals surface area contributed by atoms with Crippen molar-refractivity contribution < 1.29 is 9.34 Å². The maximum absolute atomic E-state index is 10.8. The van der Waals surface area contributed by atoms with Gasteiger partial charge >= 0.3 is 0 Å². The first-order valence-corrected chi connectivity index (χ1v) is 10.3. The van der Waals surface area contributed by atoms with Gasteiger partial charge in [-0.3, -0.25) is 10.1 Å². The third kappa shape index (κ3) is 5.71. The molecule has 0 bridgehead atoms. The van der Waals surface area contributed by atoms with Crippen LogP contribution in [0.5, 0.6) is 0 Å². The molecule has 0 atom stereocenters. The number of nitrogens with one attached hydrogen (secondary N) is 2. The first-order chi connectivity index (χ1) is 16.5. The summed E-state index contributed by atoms with van der Waals surface area (Å²) in [5.41, 5.74) is 4.65. The lowest BCUT2D eigenvalue weighted by Gasteiger charge is -2.13. The number of nitrogens with zero attached hydrogens (tertiary/aromatic N) is 6. The molecule has 0 amide bonds. The summed E-state index contributed by atoms with van der Waals surface area (Å²) in [4.78, 5) is 25.3. The number of nitro groups is 1. The zero-order valence-electron chi connectivity index (χ0n) is 18.5. The standard InChI is InChI=1S/C23H22N8O3/c1-30(2)23-27-21(24-14-16-6-4-3-5-7-16)26-22(28-23)29-25-15-19-12-13-20(34-19)17-8-10-18(11-9-17)31(32)33/h3-13,15H,14H2,1-2H3,(H2,24,26,27,28,29)/b25-15-. The number of hydrazone groups is 1. The van der Waals surface area contributed by atoms with Gasteiger partial charge in [0.25, 0.3) is 5.69 Å². The van der Waals surface area contributed by atoms with Crippen molar-refractivity contribution in [3.8, 4) is 11.3 Å². The van der Waals surface area contributed by atoms with E-state index < -0.39 is 4.92 Å². The first-order valence-electron chi connectivity index (χ1n) is 10.3. The van der Waals surface area contributed by atoms with E-state index in [4.69, 9.17) is 4.42 Å². The Morgan fingerprint density at radius 1 is 1.00 bits per heavy atom. The maximum atomic E-state index is 10.8. The molecule has 11 nitrogen and oxygen atoms in total. The number of rotatable bonds is 9. The summed E-state index contributed by atoms with van der Waals surface area (Å²) in [6, 6.07) is 19.6. The minimum Gasteiger partial charge on any atom is -0.455 e. The number of furan rings is 1. The minimum absolute atomic E-state index is 0.0216. The van der Waals surface area contributed by atoms with Crippen molar-refractivity contribution in [2.24, 2.45) is 5.10 Å². The fourth-order valence-corrected chi connectivity index (χ4v) is 2.95. The molecule has 0 aliphatic heterocycles. The quantitative estimate of drug-likeness (QED) is 0.215. The van der Waals surface area contributed by atoms with Crippen LogP contribution in [0.3, 0.4) is 0 Å². The van der Waals surface area contributed by atoms with Crippen molar-refractivity contribution in [2.45, 2.75) is 6.54 Å². The van der Waals surface area contributed by atoms with Crippen LogP contribution >= 0.6 is 0 Å². The zero-order chi connectivity index (χ0) is 23.9. The van der Waals surface area contributed by atoms with Gasteiger partial charge < -0.3 is 14.6 Å². The smallest absolute Gasteiger partial charge is 0.269 e. The van der Waals surface area contributed by atoms with Crippen LogP contribution in [-0.2, 0) is 6.54 Å². The zero-order valence-corrected chi connectivity index (χ0v) is 18.5. The summed E-state index contributed by atoms with van der Waals surface area (Å²) in [6.45, 7) is 0.568. The largest absolute Gasteiger partial charge is 0.455 e. The Hall–Kier alpha value is -4.80. The third-order valence-corrected chi connectivity index (χ3v) is 4.66. The summed E-state index contributed by atoms with van der Waals surface area (Å²) in [5.74, 6) is 2.22. The Bertz CT molecular complexity index is 1290. The fraction of sp³-hybridized carbons (Fsp3) is 0.130. The van der Waals surface area contributed by atoms with E-state index in [1.54, 1.807) is 29.2 Å². The Morgan fingerprint density at radius 2 is 1.74 bits per heavy atom. The van der Waals surface area contributed by atoms with Gasteiger partial charge in [-0.2, -0.15) is 20.1 Å². The molecule has 0 saturated carbocycles. The number of anilines is 3. The number of nitro benzene ring substituents is 1. The Kier molecular flexibility index (Phi) is 6.73. The molecular formula is C23H22N8O3. The SMILES string of the molecule is CN(C)c1nc(NCc2ccccc2)nc(N/N=C\c2ccc(-c3ccc([N+](=O)[O-])cc3)o2)n1. The number of hydrogen-bond donors (Lipinski definition) is 2. The molecular weight excluding hydrogens is 436 g/mol. The van der Waals surface area contributed by atoms with E-state index in [1.165, 1.54) is 18.3 Å². The number of hydrogen-bond acceptors (Lipinski definition) is 10. The van der Waals surface area contributed by atoms with Crippen LogP contribution in [0.1, 0.15) is 11.3 Å². The van der Waals surface area contributed by atoms with E-state index in [-0.39, 0.29) is 11.6 Å². The second kappa shape index (κ2) is 10.2. The van der Waals surface area contributed by atoms with Crippen molar-refractivity contribution >= 4 is 29.7 Å². The van der Waals surface area contributed by atoms with E-state index in [9.17, 15) is 10.1 Å². The second-order valence-corrected chi connectivity index (χ2v) is 7.39. The summed E-state index contributed by atoms with van der Waals surface area (Å²) >= 11 is 0. The van der Waals surface area contributed by atoms with Crippen molar-refractivity contribution in [3.63, 3.8) is 0 Å². The highest BCUT2D eigenvalue weighted by Gasteiger charge is 2.09. The average molecular weight is 458 g/mol. The highest BCUT2D eigenvalue weighted by Crippen LogP contribution is 2.24.